The minimum Gasteiger partial charge on any atom is -0.426 e. The Hall–Kier alpha value is 13.2. The molecule has 30 atom stereocenters. The monoisotopic (exact) mass is 1600 g/mol. The van der Waals surface area contributed by atoms with E-state index in [1.165, 1.54) is 5.57 Å². The molecule has 8 nitrogen and oxygen atoms in total. The van der Waals surface area contributed by atoms with Crippen molar-refractivity contribution in [1.82, 2.24) is 0 Å². The van der Waals surface area contributed by atoms with Crippen LogP contribution in [0.2, 0.25) is 0 Å². The van der Waals surface area contributed by atoms with Gasteiger partial charge in [0.15, 0.2) is 11.7 Å². The fourth-order valence-corrected chi connectivity index (χ4v) is 204. The fourth-order valence-electron chi connectivity index (χ4n) is 9.08. The second-order valence-corrected chi connectivity index (χ2v) is 122. The molecule has 2 bridgehead atoms. The summed E-state index contributed by atoms with van der Waals surface area (Å²) in [4.78, 5) is 14.1. The molecule has 3 aliphatic carbocycles. The van der Waals surface area contributed by atoms with Gasteiger partial charge in [-0.05, 0) is 73.4 Å². The van der Waals surface area contributed by atoms with Gasteiger partial charge < -0.3 is 32.9 Å². The van der Waals surface area contributed by atoms with Crippen molar-refractivity contribution in [3.05, 3.63) is 11.1 Å². The molecule has 5 rings (SSSR count). The summed E-state index contributed by atoms with van der Waals surface area (Å²) in [5.74, 6) is -0.545. The van der Waals surface area contributed by atoms with Gasteiger partial charge >= 0.3 is 6.16 Å². The molecule has 0 aromatic heterocycles. The van der Waals surface area contributed by atoms with Gasteiger partial charge in [0, 0.05) is 94.6 Å². The van der Waals surface area contributed by atoms with Crippen molar-refractivity contribution in [2.24, 2.45) is 16.7 Å². The van der Waals surface area contributed by atoms with Crippen LogP contribution in [0.3, 0.4) is 0 Å². The van der Waals surface area contributed by atoms with Gasteiger partial charge in [-0.2, -0.15) is 0 Å². The molecule has 0 aromatic rings. The van der Waals surface area contributed by atoms with E-state index in [4.69, 9.17) is 27.8 Å². The molecule has 1 spiro atoms. The molecule has 1 radical (unpaired) electrons. The number of hydrogen-bond donors (Lipinski definition) is 1. The first-order valence-corrected chi connectivity index (χ1v) is 69.4. The van der Waals surface area contributed by atoms with Crippen molar-refractivity contribution < 1.29 is 81.7 Å². The summed E-state index contributed by atoms with van der Waals surface area (Å²) < 4.78 is 42.8. The predicted octanol–water partition coefficient (Wildman–Crippen LogP) is 19.1. The third-order valence-electron chi connectivity index (χ3n) is 11.5. The SMILES string of the molecule is CC1=C2C(OP(P(P)P)P(PP)P(P)P)C[C@]3(C)C(OP(P(P)P)P(P)P)CC4OC[C@@]4(O)C3C3OC(=O)OC3(CC1OP(P(P)P(P)P)P(P(P)P)P(P)P)C2(C)C.[Ac]. The summed E-state index contributed by atoms with van der Waals surface area (Å²) in [7, 11) is 47.7. The van der Waals surface area contributed by atoms with Gasteiger partial charge in [-0.1, -0.05) is 37.7 Å². The smallest absolute Gasteiger partial charge is 0.426 e. The summed E-state index contributed by atoms with van der Waals surface area (Å²) in [5.41, 5.74) is -1.45. The second-order valence-electron chi connectivity index (χ2n) is 15.1. The molecule has 39 heteroatoms. The first-order chi connectivity index (χ1) is 27.2. The van der Waals surface area contributed by atoms with E-state index in [9.17, 15) is 9.90 Å². The average Bonchev–Trinajstić information content (AvgIpc) is 3.43. The van der Waals surface area contributed by atoms with Gasteiger partial charge in [0.2, 0.25) is 0 Å². The minimum atomic E-state index is -1.25. The number of ether oxygens (including phenoxy) is 3. The van der Waals surface area contributed by atoms with Crippen LogP contribution >= 0.6 is 243 Å². The standard InChI is InChI=1S/C21H60O8P30.Ac/c1-9-10(27-49(57(45)53(37)38)59(55(41)42)56(43)44)7-21-16(25-17(22)26-21)15-19(4,12(5-13-20(15,23)8-24-13)29-47(50(31)32)51(33)34)6-11(14(9)18(21,2)3)28-48(52(35)36)58(46-30)54(39)40;/h10-13,15-16,23,46H,5-8,30-45H2,1-4H3;/t10?,11?,12?,13?,15?,16?,19-,20+,21?,48?,49?,57?,58?;/m1./s1. The largest absolute Gasteiger partial charge is 0.509 e. The third-order valence-corrected chi connectivity index (χ3v) is 152. The molecule has 60 heavy (non-hydrogen) atoms. The average molecular weight is 1600 g/mol. The first-order valence-electron chi connectivity index (χ1n) is 17.2. The Morgan fingerprint density at radius 2 is 1.28 bits per heavy atom. The van der Waals surface area contributed by atoms with E-state index >= 15 is 0 Å². The molecule has 1 N–H and O–H groups in total. The van der Waals surface area contributed by atoms with Crippen LogP contribution in [0, 0.1) is 60.8 Å². The van der Waals surface area contributed by atoms with Gasteiger partial charge in [0.05, 0.1) is 53.6 Å². The van der Waals surface area contributed by atoms with E-state index < -0.39 is 139 Å². The molecule has 345 valence electrons. The van der Waals surface area contributed by atoms with Crippen LogP contribution in [0.25, 0.3) is 0 Å². The maximum Gasteiger partial charge on any atom is 0.509 e. The summed E-state index contributed by atoms with van der Waals surface area (Å²) in [6.07, 6.45) is -1.26. The molecule has 2 aliphatic heterocycles. The Kier molecular flexibility index (Phi) is 30.7. The Morgan fingerprint density at radius 3 is 1.73 bits per heavy atom. The molecule has 2 heterocycles. The normalized spacial score (nSPS) is 36.1. The number of fused-ring (bicyclic) bond motifs is 5. The van der Waals surface area contributed by atoms with Crippen LogP contribution in [0.5, 0.6) is 0 Å². The molecular formula is C21H60AcO8P30. The van der Waals surface area contributed by atoms with Gasteiger partial charge in [0.25, 0.3) is 0 Å². The van der Waals surface area contributed by atoms with Crippen LogP contribution in [-0.4, -0.2) is 59.6 Å². The topological polar surface area (TPSA) is 92.7 Å². The van der Waals surface area contributed by atoms with E-state index in [2.05, 4.69) is 171 Å². The fraction of sp³-hybridized carbons (Fsp3) is 0.857. The second kappa shape index (κ2) is 28.0. The van der Waals surface area contributed by atoms with E-state index in [1.807, 2.05) is 0 Å². The maximum atomic E-state index is 14.1. The number of rotatable bonds is 17. The van der Waals surface area contributed by atoms with Crippen LogP contribution in [0.4, 0.5) is 4.79 Å². The Balaban J connectivity index is 0.00000794. The van der Waals surface area contributed by atoms with Crippen molar-refractivity contribution in [3.63, 3.8) is 0 Å². The van der Waals surface area contributed by atoms with Crippen molar-refractivity contribution in [2.75, 3.05) is 6.61 Å². The Bertz CT molecular complexity index is 1520. The third kappa shape index (κ3) is 14.2. The van der Waals surface area contributed by atoms with Crippen molar-refractivity contribution in [3.8, 4) is 0 Å². The number of carbonyl (C=O) groups is 1. The van der Waals surface area contributed by atoms with Gasteiger partial charge in [-0.25, -0.2) is 4.79 Å². The van der Waals surface area contributed by atoms with E-state index in [0.29, 0.717) is 27.2 Å². The molecule has 0 aromatic carbocycles. The molecular weight excluding hydrogens is 1540 g/mol. The molecule has 4 fully saturated rings. The number of aliphatic hydroxyl groups is 1. The van der Waals surface area contributed by atoms with Crippen molar-refractivity contribution in [1.29, 1.82) is 0 Å². The maximum absolute atomic E-state index is 14.1. The van der Waals surface area contributed by atoms with Crippen LogP contribution in [0.15, 0.2) is 11.1 Å². The van der Waals surface area contributed by atoms with Gasteiger partial charge in [-0.15, -0.1) is 134 Å². The summed E-state index contributed by atoms with van der Waals surface area (Å²) >= 11 is 0. The van der Waals surface area contributed by atoms with Crippen molar-refractivity contribution >= 4 is 249 Å². The van der Waals surface area contributed by atoms with E-state index in [0.717, 1.165) is 5.57 Å². The minimum absolute atomic E-state index is 0. The van der Waals surface area contributed by atoms with E-state index in [-0.39, 0.29) is 69.0 Å². The summed E-state index contributed by atoms with van der Waals surface area (Å²) in [5, 5.41) is 13.1. The van der Waals surface area contributed by atoms with Crippen molar-refractivity contribution in [2.45, 2.75) is 88.7 Å². The van der Waals surface area contributed by atoms with Gasteiger partial charge in [-0.3, -0.25) is 0 Å². The van der Waals surface area contributed by atoms with Gasteiger partial charge in [0.1, 0.15) is 5.60 Å². The quantitative estimate of drug-likeness (QED) is 0.0875. The first kappa shape index (κ1) is 65.7. The Morgan fingerprint density at radius 1 is 0.733 bits per heavy atom. The molecule has 28 unspecified atom stereocenters. The molecule has 5 aliphatic rings. The summed E-state index contributed by atoms with van der Waals surface area (Å²) in [6, 6.07) is 0. The van der Waals surface area contributed by atoms with Crippen LogP contribution < -0.4 is 0 Å². The zero-order chi connectivity index (χ0) is 44.5. The number of carbonyl (C=O) groups excluding carboxylic acids is 1. The van der Waals surface area contributed by atoms with E-state index in [1.54, 1.807) is 0 Å². The molecule has 2 saturated carbocycles. The number of hydrogen-bond acceptors (Lipinski definition) is 8. The zero-order valence-corrected chi connectivity index (χ0v) is 69.1. The summed E-state index contributed by atoms with van der Waals surface area (Å²) in [6.45, 7) is 4.30. The zero-order valence-electron chi connectivity index (χ0n) is 33.2. The van der Waals surface area contributed by atoms with Crippen LogP contribution in [0.1, 0.15) is 47.0 Å². The Labute approximate surface area is 448 Å². The molecule has 0 amide bonds. The molecule has 2 saturated heterocycles. The predicted molar refractivity (Wildman–Crippen MR) is 349 cm³/mol. The van der Waals surface area contributed by atoms with Crippen LogP contribution in [-0.2, 0) is 27.8 Å².